The molecule has 0 aliphatic carbocycles. The van der Waals surface area contributed by atoms with Crippen molar-refractivity contribution in [2.45, 2.75) is 39.5 Å². The van der Waals surface area contributed by atoms with E-state index in [1.54, 1.807) is 0 Å². The maximum Gasteiger partial charge on any atom is 0.141 e. The number of imidazole rings is 1. The number of rotatable bonds is 2. The van der Waals surface area contributed by atoms with Crippen LogP contribution in [0.4, 0.5) is 0 Å². The van der Waals surface area contributed by atoms with Crippen LogP contribution in [0.1, 0.15) is 39.0 Å². The minimum absolute atomic E-state index is 0.0639. The van der Waals surface area contributed by atoms with Gasteiger partial charge in [-0.05, 0) is 36.2 Å². The lowest BCUT2D eigenvalue weighted by molar-refractivity contribution is 0.575. The molecule has 2 aromatic carbocycles. The van der Waals surface area contributed by atoms with Crippen LogP contribution < -0.4 is 0 Å². The summed E-state index contributed by atoms with van der Waals surface area (Å²) < 4.78 is 0. The van der Waals surface area contributed by atoms with Gasteiger partial charge in [-0.2, -0.15) is 0 Å². The molecule has 5 heteroatoms. The Morgan fingerprint density at radius 1 is 0.750 bits per heavy atom. The van der Waals surface area contributed by atoms with E-state index in [2.05, 4.69) is 78.0 Å². The molecule has 2 N–H and O–H groups in total. The largest absolute Gasteiger partial charge is 0.357 e. The number of pyridine rings is 2. The van der Waals surface area contributed by atoms with Crippen LogP contribution in [0.3, 0.4) is 0 Å². The fraction of sp³-hybridized carbons (Fsp3) is 0.222. The maximum absolute atomic E-state index is 5.17. The molecule has 6 aromatic rings. The molecule has 6 rings (SSSR count). The fourth-order valence-electron chi connectivity index (χ4n) is 4.84. The van der Waals surface area contributed by atoms with E-state index >= 15 is 0 Å². The molecular formula is C27H25N5. The number of hydrogen-bond acceptors (Lipinski definition) is 3. The molecule has 0 radical (unpaired) electrons. The van der Waals surface area contributed by atoms with Gasteiger partial charge in [0.15, 0.2) is 0 Å². The number of H-pyrrole nitrogens is 2. The average Bonchev–Trinajstić information content (AvgIpc) is 3.41. The molecule has 32 heavy (non-hydrogen) atoms. The third-order valence-electron chi connectivity index (χ3n) is 6.36. The van der Waals surface area contributed by atoms with Gasteiger partial charge in [0.05, 0.1) is 22.1 Å². The van der Waals surface area contributed by atoms with E-state index in [0.717, 1.165) is 50.6 Å². The van der Waals surface area contributed by atoms with Crippen molar-refractivity contribution in [2.75, 3.05) is 0 Å². The molecule has 0 unspecified atom stereocenters. The SMILES string of the molecule is CCc1cccc2c(-c3nc4c5cccnc5c5ncccc5c4[nH]3)c(C(C)(C)C)[nH]c12. The van der Waals surface area contributed by atoms with E-state index in [1.807, 2.05) is 24.5 Å². The predicted octanol–water partition coefficient (Wildman–Crippen LogP) is 6.67. The molecule has 0 saturated heterocycles. The standard InChI is InChI=1S/C27H25N5/c1-5-15-9-6-10-16-19(25(27(2,3)4)30-20(15)16)26-31-23-17-11-7-13-28-21(17)22-18(24(23)32-26)12-8-14-29-22/h6-14,30H,5H2,1-4H3,(H,31,32). The van der Waals surface area contributed by atoms with Crippen molar-refractivity contribution in [1.82, 2.24) is 24.9 Å². The average molecular weight is 420 g/mol. The summed E-state index contributed by atoms with van der Waals surface area (Å²) in [4.78, 5) is 21.9. The summed E-state index contributed by atoms with van der Waals surface area (Å²) in [6.45, 7) is 8.93. The quantitative estimate of drug-likeness (QED) is 0.308. The Labute approximate surface area is 185 Å². The van der Waals surface area contributed by atoms with Crippen molar-refractivity contribution in [3.8, 4) is 11.4 Å². The second-order valence-electron chi connectivity index (χ2n) is 9.43. The highest BCUT2D eigenvalue weighted by molar-refractivity contribution is 6.21. The van der Waals surface area contributed by atoms with Gasteiger partial charge in [-0.1, -0.05) is 45.9 Å². The van der Waals surface area contributed by atoms with Crippen LogP contribution in [-0.2, 0) is 11.8 Å². The summed E-state index contributed by atoms with van der Waals surface area (Å²) >= 11 is 0. The van der Waals surface area contributed by atoms with Crippen LogP contribution in [0.5, 0.6) is 0 Å². The molecular weight excluding hydrogens is 394 g/mol. The van der Waals surface area contributed by atoms with Crippen molar-refractivity contribution in [3.05, 3.63) is 66.1 Å². The van der Waals surface area contributed by atoms with Crippen LogP contribution in [0.15, 0.2) is 54.9 Å². The number of fused-ring (bicyclic) bond motifs is 7. The molecule has 5 nitrogen and oxygen atoms in total. The lowest BCUT2D eigenvalue weighted by atomic mass is 9.88. The summed E-state index contributed by atoms with van der Waals surface area (Å²) in [5, 5.41) is 3.26. The Morgan fingerprint density at radius 2 is 1.44 bits per heavy atom. The van der Waals surface area contributed by atoms with Crippen LogP contribution in [0.25, 0.3) is 55.1 Å². The van der Waals surface area contributed by atoms with Gasteiger partial charge in [-0.15, -0.1) is 0 Å². The van der Waals surface area contributed by atoms with E-state index in [-0.39, 0.29) is 5.41 Å². The van der Waals surface area contributed by atoms with Crippen molar-refractivity contribution < 1.29 is 0 Å². The monoisotopic (exact) mass is 419 g/mol. The smallest absolute Gasteiger partial charge is 0.141 e. The Hall–Kier alpha value is -3.73. The van der Waals surface area contributed by atoms with E-state index in [0.29, 0.717) is 0 Å². The highest BCUT2D eigenvalue weighted by Crippen LogP contribution is 2.40. The summed E-state index contributed by atoms with van der Waals surface area (Å²) in [7, 11) is 0. The molecule has 0 aliphatic rings. The number of nitrogens with zero attached hydrogens (tertiary/aromatic N) is 3. The van der Waals surface area contributed by atoms with E-state index < -0.39 is 0 Å². The number of aromatic nitrogens is 5. The number of benzene rings is 2. The Bertz CT molecular complexity index is 1570. The molecule has 0 aliphatic heterocycles. The van der Waals surface area contributed by atoms with Gasteiger partial charge in [-0.25, -0.2) is 4.98 Å². The van der Waals surface area contributed by atoms with Gasteiger partial charge in [0.1, 0.15) is 5.82 Å². The predicted molar refractivity (Wildman–Crippen MR) is 132 cm³/mol. The normalized spacial score (nSPS) is 12.5. The number of para-hydroxylation sites is 1. The molecule has 0 bridgehead atoms. The number of aryl methyl sites for hydroxylation is 1. The Kier molecular flexibility index (Phi) is 3.94. The second-order valence-corrected chi connectivity index (χ2v) is 9.43. The van der Waals surface area contributed by atoms with Gasteiger partial charge in [-0.3, -0.25) is 9.97 Å². The highest BCUT2D eigenvalue weighted by atomic mass is 14.9. The lowest BCUT2D eigenvalue weighted by Gasteiger charge is -2.18. The first-order valence-electron chi connectivity index (χ1n) is 11.1. The van der Waals surface area contributed by atoms with Crippen molar-refractivity contribution in [3.63, 3.8) is 0 Å². The van der Waals surface area contributed by atoms with E-state index in [1.165, 1.54) is 22.2 Å². The summed E-state index contributed by atoms with van der Waals surface area (Å²) in [5.74, 6) is 0.880. The van der Waals surface area contributed by atoms with Crippen LogP contribution in [0, 0.1) is 0 Å². The summed E-state index contributed by atoms with van der Waals surface area (Å²) in [5.41, 5.74) is 8.52. The first-order valence-corrected chi connectivity index (χ1v) is 11.1. The fourth-order valence-corrected chi connectivity index (χ4v) is 4.84. The molecule has 0 fully saturated rings. The third kappa shape index (κ3) is 2.60. The Morgan fingerprint density at radius 3 is 2.16 bits per heavy atom. The molecule has 158 valence electrons. The number of hydrogen-bond donors (Lipinski definition) is 2. The van der Waals surface area contributed by atoms with Gasteiger partial charge in [0.25, 0.3) is 0 Å². The summed E-state index contributed by atoms with van der Waals surface area (Å²) in [6.07, 6.45) is 4.62. The topological polar surface area (TPSA) is 70.2 Å². The van der Waals surface area contributed by atoms with Crippen molar-refractivity contribution in [1.29, 1.82) is 0 Å². The Balaban J connectivity index is 1.77. The van der Waals surface area contributed by atoms with E-state index in [9.17, 15) is 0 Å². The maximum atomic E-state index is 5.17. The molecule has 4 heterocycles. The molecule has 0 spiro atoms. The van der Waals surface area contributed by atoms with Crippen LogP contribution in [0.2, 0.25) is 0 Å². The van der Waals surface area contributed by atoms with Crippen LogP contribution >= 0.6 is 0 Å². The second kappa shape index (κ2) is 6.63. The highest BCUT2D eigenvalue weighted by Gasteiger charge is 2.26. The van der Waals surface area contributed by atoms with Gasteiger partial charge in [0.2, 0.25) is 0 Å². The molecule has 0 saturated carbocycles. The summed E-state index contributed by atoms with van der Waals surface area (Å²) in [6, 6.07) is 14.6. The molecule has 0 amide bonds. The third-order valence-corrected chi connectivity index (χ3v) is 6.36. The van der Waals surface area contributed by atoms with Gasteiger partial charge < -0.3 is 9.97 Å². The number of aromatic amines is 2. The minimum Gasteiger partial charge on any atom is -0.357 e. The minimum atomic E-state index is -0.0639. The van der Waals surface area contributed by atoms with Crippen LogP contribution in [-0.4, -0.2) is 24.9 Å². The zero-order valence-electron chi connectivity index (χ0n) is 18.7. The first kappa shape index (κ1) is 19.0. The molecule has 0 atom stereocenters. The van der Waals surface area contributed by atoms with Gasteiger partial charge in [0, 0.05) is 50.7 Å². The zero-order chi connectivity index (χ0) is 22.0. The molecule has 4 aromatic heterocycles. The zero-order valence-corrected chi connectivity index (χ0v) is 18.7. The van der Waals surface area contributed by atoms with Crippen molar-refractivity contribution >= 4 is 43.7 Å². The van der Waals surface area contributed by atoms with Crippen molar-refractivity contribution in [2.24, 2.45) is 0 Å². The first-order chi connectivity index (χ1) is 15.5. The van der Waals surface area contributed by atoms with Gasteiger partial charge >= 0.3 is 0 Å². The lowest BCUT2D eigenvalue weighted by Crippen LogP contribution is -2.13. The van der Waals surface area contributed by atoms with E-state index in [4.69, 9.17) is 4.98 Å². The number of nitrogens with one attached hydrogen (secondary N) is 2.